The smallest absolute Gasteiger partial charge is 0.254 e. The molecule has 2 N–H and O–H groups in total. The summed E-state index contributed by atoms with van der Waals surface area (Å²) in [6, 6.07) is 2.05. The maximum absolute atomic E-state index is 12.5. The van der Waals surface area contributed by atoms with Crippen molar-refractivity contribution in [1.82, 2.24) is 9.80 Å². The van der Waals surface area contributed by atoms with E-state index < -0.39 is 0 Å². The molecule has 2 aliphatic rings. The Morgan fingerprint density at radius 2 is 1.91 bits per heavy atom. The molecule has 1 aliphatic carbocycles. The van der Waals surface area contributed by atoms with Gasteiger partial charge in [0.2, 0.25) is 5.91 Å². The molecule has 1 aromatic heterocycles. The monoisotopic (exact) mass is 335 g/mol. The molecule has 0 unspecified atom stereocenters. The summed E-state index contributed by atoms with van der Waals surface area (Å²) in [5.41, 5.74) is 6.84. The van der Waals surface area contributed by atoms with Crippen molar-refractivity contribution in [1.29, 1.82) is 0 Å². The lowest BCUT2D eigenvalue weighted by atomic mass is 9.99. The van der Waals surface area contributed by atoms with Crippen LogP contribution in [0.1, 0.15) is 42.5 Å². The Labute approximate surface area is 141 Å². The quantitative estimate of drug-likeness (QED) is 0.918. The molecule has 2 fully saturated rings. The van der Waals surface area contributed by atoms with Gasteiger partial charge in [0.15, 0.2) is 0 Å². The van der Waals surface area contributed by atoms with Gasteiger partial charge in [-0.15, -0.1) is 0 Å². The van der Waals surface area contributed by atoms with E-state index in [1.165, 1.54) is 11.3 Å². The number of carbonyl (C=O) groups is 2. The second kappa shape index (κ2) is 7.45. The highest BCUT2D eigenvalue weighted by Crippen LogP contribution is 2.27. The summed E-state index contributed by atoms with van der Waals surface area (Å²) in [7, 11) is 0. The summed E-state index contributed by atoms with van der Waals surface area (Å²) in [5, 5.41) is 3.81. The molecule has 1 saturated heterocycles. The van der Waals surface area contributed by atoms with E-state index in [-0.39, 0.29) is 17.9 Å². The van der Waals surface area contributed by atoms with Crippen LogP contribution in [0.3, 0.4) is 0 Å². The van der Waals surface area contributed by atoms with E-state index in [9.17, 15) is 9.59 Å². The second-order valence-electron chi connectivity index (χ2n) is 6.60. The first-order chi connectivity index (χ1) is 11.1. The molecule has 0 bridgehead atoms. The standard InChI is InChI=1S/C17H25N3O2S/c18-15-4-1-3-13(15)11-16(21)19-6-2-7-20(9-8-19)17(22)14-5-10-23-12-14/h5,10,12-13,15H,1-4,6-9,11,18H2/t13-,15+/m0/s1. The summed E-state index contributed by atoms with van der Waals surface area (Å²) < 4.78 is 0. The van der Waals surface area contributed by atoms with Gasteiger partial charge in [0.25, 0.3) is 5.91 Å². The molecule has 1 aromatic rings. The van der Waals surface area contributed by atoms with E-state index in [2.05, 4.69) is 0 Å². The third-order valence-electron chi connectivity index (χ3n) is 5.06. The van der Waals surface area contributed by atoms with Crippen LogP contribution in [-0.2, 0) is 4.79 Å². The van der Waals surface area contributed by atoms with Crippen LogP contribution in [-0.4, -0.2) is 53.8 Å². The van der Waals surface area contributed by atoms with Crippen molar-refractivity contribution in [3.05, 3.63) is 22.4 Å². The topological polar surface area (TPSA) is 66.6 Å². The van der Waals surface area contributed by atoms with Crippen LogP contribution in [0, 0.1) is 5.92 Å². The number of amides is 2. The summed E-state index contributed by atoms with van der Waals surface area (Å²) in [5.74, 6) is 0.629. The third-order valence-corrected chi connectivity index (χ3v) is 5.74. The normalized spacial score (nSPS) is 25.4. The Bertz CT molecular complexity index is 546. The van der Waals surface area contributed by atoms with E-state index in [4.69, 9.17) is 5.73 Å². The Balaban J connectivity index is 1.53. The van der Waals surface area contributed by atoms with Gasteiger partial charge in [-0.05, 0) is 36.6 Å². The minimum Gasteiger partial charge on any atom is -0.341 e. The van der Waals surface area contributed by atoms with Gasteiger partial charge < -0.3 is 15.5 Å². The SMILES string of the molecule is N[C@@H]1CCC[C@H]1CC(=O)N1CCCN(C(=O)c2ccsc2)CC1. The highest BCUT2D eigenvalue weighted by molar-refractivity contribution is 7.08. The van der Waals surface area contributed by atoms with Crippen molar-refractivity contribution in [2.75, 3.05) is 26.2 Å². The van der Waals surface area contributed by atoms with Crippen LogP contribution in [0.15, 0.2) is 16.8 Å². The van der Waals surface area contributed by atoms with Gasteiger partial charge >= 0.3 is 0 Å². The fraction of sp³-hybridized carbons (Fsp3) is 0.647. The predicted molar refractivity (Wildman–Crippen MR) is 91.4 cm³/mol. The van der Waals surface area contributed by atoms with Gasteiger partial charge in [-0.3, -0.25) is 9.59 Å². The first-order valence-corrected chi connectivity index (χ1v) is 9.44. The highest BCUT2D eigenvalue weighted by Gasteiger charge is 2.29. The maximum atomic E-state index is 12.5. The third kappa shape index (κ3) is 3.93. The first kappa shape index (κ1) is 16.5. The van der Waals surface area contributed by atoms with E-state index >= 15 is 0 Å². The molecule has 126 valence electrons. The predicted octanol–water partition coefficient (Wildman–Crippen LogP) is 1.94. The molecular weight excluding hydrogens is 310 g/mol. The first-order valence-electron chi connectivity index (χ1n) is 8.50. The van der Waals surface area contributed by atoms with Gasteiger partial charge in [0.05, 0.1) is 5.56 Å². The minimum absolute atomic E-state index is 0.0818. The summed E-state index contributed by atoms with van der Waals surface area (Å²) in [4.78, 5) is 28.7. The highest BCUT2D eigenvalue weighted by atomic mass is 32.1. The molecule has 2 amide bonds. The molecule has 5 nitrogen and oxygen atoms in total. The van der Waals surface area contributed by atoms with Crippen molar-refractivity contribution in [3.63, 3.8) is 0 Å². The van der Waals surface area contributed by atoms with Gasteiger partial charge in [-0.1, -0.05) is 6.42 Å². The number of nitrogens with zero attached hydrogens (tertiary/aromatic N) is 2. The van der Waals surface area contributed by atoms with Crippen molar-refractivity contribution in [2.45, 2.75) is 38.1 Å². The fourth-order valence-electron chi connectivity index (χ4n) is 3.61. The second-order valence-corrected chi connectivity index (χ2v) is 7.38. The van der Waals surface area contributed by atoms with E-state index in [0.29, 0.717) is 25.4 Å². The minimum atomic E-state index is 0.0818. The molecule has 3 rings (SSSR count). The van der Waals surface area contributed by atoms with Crippen LogP contribution in [0.25, 0.3) is 0 Å². The van der Waals surface area contributed by atoms with Gasteiger partial charge in [-0.25, -0.2) is 0 Å². The zero-order chi connectivity index (χ0) is 16.2. The number of nitrogens with two attached hydrogens (primary N) is 1. The lowest BCUT2D eigenvalue weighted by Gasteiger charge is -2.24. The summed E-state index contributed by atoms with van der Waals surface area (Å²) in [6.45, 7) is 2.73. The average Bonchev–Trinajstić information content (AvgIpc) is 3.14. The summed E-state index contributed by atoms with van der Waals surface area (Å²) in [6.07, 6.45) is 4.67. The largest absolute Gasteiger partial charge is 0.341 e. The number of hydrogen-bond donors (Lipinski definition) is 1. The Morgan fingerprint density at radius 1 is 1.13 bits per heavy atom. The fourth-order valence-corrected chi connectivity index (χ4v) is 4.24. The Kier molecular flexibility index (Phi) is 5.33. The van der Waals surface area contributed by atoms with Gasteiger partial charge in [-0.2, -0.15) is 11.3 Å². The number of thiophene rings is 1. The lowest BCUT2D eigenvalue weighted by molar-refractivity contribution is -0.132. The molecule has 0 radical (unpaired) electrons. The van der Waals surface area contributed by atoms with Crippen molar-refractivity contribution >= 4 is 23.2 Å². The van der Waals surface area contributed by atoms with Crippen LogP contribution >= 0.6 is 11.3 Å². The maximum Gasteiger partial charge on any atom is 0.254 e. The van der Waals surface area contributed by atoms with E-state index in [1.807, 2.05) is 26.6 Å². The lowest BCUT2D eigenvalue weighted by Crippen LogP contribution is -2.39. The van der Waals surface area contributed by atoms with E-state index in [1.54, 1.807) is 0 Å². The summed E-state index contributed by atoms with van der Waals surface area (Å²) >= 11 is 1.54. The number of carbonyl (C=O) groups excluding carboxylic acids is 2. The van der Waals surface area contributed by atoms with Crippen molar-refractivity contribution < 1.29 is 9.59 Å². The molecule has 1 aliphatic heterocycles. The average molecular weight is 335 g/mol. The molecule has 6 heteroatoms. The van der Waals surface area contributed by atoms with Crippen molar-refractivity contribution in [3.8, 4) is 0 Å². The number of hydrogen-bond acceptors (Lipinski definition) is 4. The van der Waals surface area contributed by atoms with Crippen LogP contribution in [0.5, 0.6) is 0 Å². The molecule has 2 atom stereocenters. The van der Waals surface area contributed by atoms with Crippen LogP contribution in [0.4, 0.5) is 0 Å². The molecule has 1 saturated carbocycles. The van der Waals surface area contributed by atoms with Crippen molar-refractivity contribution in [2.24, 2.45) is 11.7 Å². The van der Waals surface area contributed by atoms with E-state index in [0.717, 1.165) is 44.3 Å². The molecular formula is C17H25N3O2S. The van der Waals surface area contributed by atoms with Gasteiger partial charge in [0, 0.05) is 44.0 Å². The van der Waals surface area contributed by atoms with Gasteiger partial charge in [0.1, 0.15) is 0 Å². The zero-order valence-electron chi connectivity index (χ0n) is 13.4. The molecule has 2 heterocycles. The molecule has 23 heavy (non-hydrogen) atoms. The molecule has 0 aromatic carbocycles. The van der Waals surface area contributed by atoms with Crippen LogP contribution in [0.2, 0.25) is 0 Å². The Hall–Kier alpha value is -1.40. The Morgan fingerprint density at radius 3 is 2.61 bits per heavy atom. The molecule has 0 spiro atoms. The number of rotatable bonds is 3. The zero-order valence-corrected chi connectivity index (χ0v) is 14.3. The van der Waals surface area contributed by atoms with Crippen LogP contribution < -0.4 is 5.73 Å².